The molecule has 0 fully saturated rings. The predicted octanol–water partition coefficient (Wildman–Crippen LogP) is 1.20. The van der Waals surface area contributed by atoms with Crippen molar-refractivity contribution >= 4 is 39.1 Å². The van der Waals surface area contributed by atoms with E-state index in [1.54, 1.807) is 0 Å². The molecule has 0 aromatic heterocycles. The molecule has 0 saturated carbocycles. The van der Waals surface area contributed by atoms with Crippen molar-refractivity contribution in [3.8, 4) is 0 Å². The Labute approximate surface area is 120 Å². The molecule has 1 aromatic carbocycles. The van der Waals surface area contributed by atoms with Crippen molar-refractivity contribution in [1.82, 2.24) is 5.32 Å². The van der Waals surface area contributed by atoms with Crippen LogP contribution in [0, 0.1) is 0 Å². The molecule has 0 radical (unpaired) electrons. The van der Waals surface area contributed by atoms with Gasteiger partial charge < -0.3 is 15.7 Å². The second kappa shape index (κ2) is 6.58. The van der Waals surface area contributed by atoms with Crippen LogP contribution in [0.15, 0.2) is 18.2 Å². The van der Waals surface area contributed by atoms with E-state index in [9.17, 15) is 18.0 Å². The SMILES string of the molecule is CS(=O)(=O)CCNC(=O)Nc1cc(C(=O)O)ccc1Cl. The topological polar surface area (TPSA) is 113 Å². The van der Waals surface area contributed by atoms with Crippen LogP contribution in [-0.2, 0) is 9.84 Å². The molecule has 0 atom stereocenters. The van der Waals surface area contributed by atoms with Crippen molar-refractivity contribution in [1.29, 1.82) is 0 Å². The molecule has 9 heteroatoms. The second-order valence-electron chi connectivity index (χ2n) is 4.01. The van der Waals surface area contributed by atoms with Crippen LogP contribution >= 0.6 is 11.6 Å². The summed E-state index contributed by atoms with van der Waals surface area (Å²) >= 11 is 5.82. The van der Waals surface area contributed by atoms with Crippen LogP contribution in [0.2, 0.25) is 5.02 Å². The number of carboxylic acids is 1. The van der Waals surface area contributed by atoms with E-state index in [2.05, 4.69) is 10.6 Å². The van der Waals surface area contributed by atoms with E-state index in [-0.39, 0.29) is 28.6 Å². The van der Waals surface area contributed by atoms with E-state index >= 15 is 0 Å². The predicted molar refractivity (Wildman–Crippen MR) is 75.1 cm³/mol. The molecule has 20 heavy (non-hydrogen) atoms. The molecule has 1 rings (SSSR count). The Hall–Kier alpha value is -1.80. The van der Waals surface area contributed by atoms with Gasteiger partial charge in [0, 0.05) is 12.8 Å². The van der Waals surface area contributed by atoms with Gasteiger partial charge in [-0.2, -0.15) is 0 Å². The van der Waals surface area contributed by atoms with Gasteiger partial charge in [0.15, 0.2) is 0 Å². The van der Waals surface area contributed by atoms with Crippen molar-refractivity contribution in [2.24, 2.45) is 0 Å². The smallest absolute Gasteiger partial charge is 0.335 e. The molecule has 0 aliphatic rings. The monoisotopic (exact) mass is 320 g/mol. The van der Waals surface area contributed by atoms with E-state index in [1.807, 2.05) is 0 Å². The van der Waals surface area contributed by atoms with Crippen LogP contribution in [0.1, 0.15) is 10.4 Å². The Morgan fingerprint density at radius 2 is 2.00 bits per heavy atom. The first kappa shape index (κ1) is 16.3. The normalized spacial score (nSPS) is 10.9. The molecule has 0 saturated heterocycles. The number of benzene rings is 1. The maximum absolute atomic E-state index is 11.5. The number of halogens is 1. The molecule has 0 bridgehead atoms. The zero-order valence-corrected chi connectivity index (χ0v) is 12.1. The lowest BCUT2D eigenvalue weighted by molar-refractivity contribution is 0.0697. The summed E-state index contributed by atoms with van der Waals surface area (Å²) in [6.07, 6.45) is 1.06. The summed E-state index contributed by atoms with van der Waals surface area (Å²) in [4.78, 5) is 22.3. The van der Waals surface area contributed by atoms with Crippen molar-refractivity contribution in [2.45, 2.75) is 0 Å². The summed E-state index contributed by atoms with van der Waals surface area (Å²) in [6, 6.07) is 3.19. The first-order valence-corrected chi connectivity index (χ1v) is 7.88. The molecule has 0 unspecified atom stereocenters. The molecule has 0 spiro atoms. The number of amides is 2. The summed E-state index contributed by atoms with van der Waals surface area (Å²) < 4.78 is 21.8. The van der Waals surface area contributed by atoms with Crippen LogP contribution in [0.25, 0.3) is 0 Å². The van der Waals surface area contributed by atoms with Crippen LogP contribution in [0.4, 0.5) is 10.5 Å². The first-order valence-electron chi connectivity index (χ1n) is 5.44. The van der Waals surface area contributed by atoms with Gasteiger partial charge in [-0.1, -0.05) is 11.6 Å². The zero-order valence-electron chi connectivity index (χ0n) is 10.5. The van der Waals surface area contributed by atoms with Crippen molar-refractivity contribution in [2.75, 3.05) is 23.9 Å². The Morgan fingerprint density at radius 3 is 2.55 bits per heavy atom. The number of urea groups is 1. The number of hydrogen-bond donors (Lipinski definition) is 3. The Morgan fingerprint density at radius 1 is 1.35 bits per heavy atom. The van der Waals surface area contributed by atoms with E-state index in [1.165, 1.54) is 18.2 Å². The van der Waals surface area contributed by atoms with Gasteiger partial charge in [0.2, 0.25) is 0 Å². The largest absolute Gasteiger partial charge is 0.478 e. The first-order chi connectivity index (χ1) is 9.19. The highest BCUT2D eigenvalue weighted by molar-refractivity contribution is 7.90. The number of nitrogens with one attached hydrogen (secondary N) is 2. The van der Waals surface area contributed by atoms with Gasteiger partial charge in [0.25, 0.3) is 0 Å². The number of sulfone groups is 1. The van der Waals surface area contributed by atoms with Gasteiger partial charge in [0.05, 0.1) is 22.0 Å². The van der Waals surface area contributed by atoms with Crippen LogP contribution in [0.5, 0.6) is 0 Å². The van der Waals surface area contributed by atoms with Gasteiger partial charge in [-0.3, -0.25) is 0 Å². The standard InChI is InChI=1S/C11H13ClN2O5S/c1-20(18,19)5-4-13-11(17)14-9-6-7(10(15)16)2-3-8(9)12/h2-3,6H,4-5H2,1H3,(H,15,16)(H2,13,14,17). The Balaban J connectivity index is 2.66. The fourth-order valence-electron chi connectivity index (χ4n) is 1.27. The highest BCUT2D eigenvalue weighted by Gasteiger charge is 2.10. The minimum Gasteiger partial charge on any atom is -0.478 e. The molecule has 1 aromatic rings. The van der Waals surface area contributed by atoms with Gasteiger partial charge >= 0.3 is 12.0 Å². The zero-order chi connectivity index (χ0) is 15.3. The molecule has 2 amide bonds. The highest BCUT2D eigenvalue weighted by atomic mass is 35.5. The third-order valence-electron chi connectivity index (χ3n) is 2.22. The maximum atomic E-state index is 11.5. The van der Waals surface area contributed by atoms with E-state index in [0.717, 1.165) is 6.26 Å². The summed E-state index contributed by atoms with van der Waals surface area (Å²) in [6.45, 7) is -0.0547. The van der Waals surface area contributed by atoms with E-state index in [0.29, 0.717) is 0 Å². The summed E-state index contributed by atoms with van der Waals surface area (Å²) in [5.41, 5.74) is 0.101. The third-order valence-corrected chi connectivity index (χ3v) is 3.50. The summed E-state index contributed by atoms with van der Waals surface area (Å²) in [5.74, 6) is -1.34. The molecular weight excluding hydrogens is 308 g/mol. The quantitative estimate of drug-likeness (QED) is 0.754. The van der Waals surface area contributed by atoms with Crippen LogP contribution in [-0.4, -0.2) is 44.1 Å². The molecule has 110 valence electrons. The number of carboxylic acid groups (broad SMARTS) is 1. The number of hydrogen-bond acceptors (Lipinski definition) is 4. The number of carbonyl (C=O) groups excluding carboxylic acids is 1. The number of rotatable bonds is 5. The minimum absolute atomic E-state index is 0.0270. The molecule has 0 aliphatic heterocycles. The maximum Gasteiger partial charge on any atom is 0.335 e. The molecular formula is C11H13ClN2O5S. The number of carbonyl (C=O) groups is 2. The number of anilines is 1. The molecule has 7 nitrogen and oxygen atoms in total. The molecule has 0 heterocycles. The van der Waals surface area contributed by atoms with E-state index in [4.69, 9.17) is 16.7 Å². The molecule has 0 aliphatic carbocycles. The van der Waals surface area contributed by atoms with Crippen molar-refractivity contribution < 1.29 is 23.1 Å². The van der Waals surface area contributed by atoms with Gasteiger partial charge in [-0.05, 0) is 18.2 Å². The minimum atomic E-state index is -3.17. The summed E-state index contributed by atoms with van der Waals surface area (Å²) in [5, 5.41) is 13.7. The Kier molecular flexibility index (Phi) is 5.34. The summed E-state index contributed by atoms with van der Waals surface area (Å²) in [7, 11) is -3.17. The third kappa shape index (κ3) is 5.45. The van der Waals surface area contributed by atoms with Gasteiger partial charge in [-0.25, -0.2) is 18.0 Å². The lowest BCUT2D eigenvalue weighted by atomic mass is 10.2. The van der Waals surface area contributed by atoms with Gasteiger partial charge in [0.1, 0.15) is 9.84 Å². The fourth-order valence-corrected chi connectivity index (χ4v) is 1.91. The Bertz CT molecular complexity index is 630. The van der Waals surface area contributed by atoms with Crippen molar-refractivity contribution in [3.05, 3.63) is 28.8 Å². The number of aromatic carboxylic acids is 1. The lowest BCUT2D eigenvalue weighted by Crippen LogP contribution is -2.32. The second-order valence-corrected chi connectivity index (χ2v) is 6.68. The average Bonchev–Trinajstić information content (AvgIpc) is 2.30. The van der Waals surface area contributed by atoms with Gasteiger partial charge in [-0.15, -0.1) is 0 Å². The lowest BCUT2D eigenvalue weighted by Gasteiger charge is -2.09. The fraction of sp³-hybridized carbons (Fsp3) is 0.273. The average molecular weight is 321 g/mol. The molecule has 3 N–H and O–H groups in total. The van der Waals surface area contributed by atoms with Crippen LogP contribution < -0.4 is 10.6 Å². The van der Waals surface area contributed by atoms with Crippen molar-refractivity contribution in [3.63, 3.8) is 0 Å². The van der Waals surface area contributed by atoms with Crippen LogP contribution in [0.3, 0.4) is 0 Å². The van der Waals surface area contributed by atoms with E-state index < -0.39 is 21.8 Å². The highest BCUT2D eigenvalue weighted by Crippen LogP contribution is 2.22.